The summed E-state index contributed by atoms with van der Waals surface area (Å²) in [6, 6.07) is 4.83. The highest BCUT2D eigenvalue weighted by atomic mass is 35.5. The number of carbonyl (C=O) groups excluding carboxylic acids is 1. The fourth-order valence-electron chi connectivity index (χ4n) is 4.54. The first-order valence-corrected chi connectivity index (χ1v) is 11.4. The van der Waals surface area contributed by atoms with Gasteiger partial charge in [-0.15, -0.1) is 0 Å². The number of nitrogens with one attached hydrogen (secondary N) is 1. The van der Waals surface area contributed by atoms with E-state index in [2.05, 4.69) is 15.4 Å². The molecule has 10 heteroatoms. The first-order chi connectivity index (χ1) is 15.1. The van der Waals surface area contributed by atoms with Crippen molar-refractivity contribution in [1.82, 2.24) is 15.1 Å². The molecular weight excluding hydrogens is 464 g/mol. The van der Waals surface area contributed by atoms with Gasteiger partial charge in [0, 0.05) is 18.3 Å². The van der Waals surface area contributed by atoms with Gasteiger partial charge in [0.05, 0.1) is 16.1 Å². The van der Waals surface area contributed by atoms with Crippen LogP contribution in [0.5, 0.6) is 0 Å². The molecule has 0 radical (unpaired) electrons. The van der Waals surface area contributed by atoms with Gasteiger partial charge in [-0.2, -0.15) is 18.3 Å². The normalized spacial score (nSPS) is 21.8. The summed E-state index contributed by atoms with van der Waals surface area (Å²) in [5, 5.41) is 7.34. The van der Waals surface area contributed by atoms with E-state index < -0.39 is 23.8 Å². The van der Waals surface area contributed by atoms with Gasteiger partial charge in [0.2, 0.25) is 5.91 Å². The van der Waals surface area contributed by atoms with Crippen molar-refractivity contribution in [2.24, 2.45) is 16.8 Å². The van der Waals surface area contributed by atoms with Crippen LogP contribution in [0.4, 0.5) is 19.0 Å². The minimum atomic E-state index is -4.63. The van der Waals surface area contributed by atoms with Gasteiger partial charge in [0.25, 0.3) is 0 Å². The maximum Gasteiger partial charge on any atom is 0.435 e. The molecule has 5 nitrogen and oxygen atoms in total. The van der Waals surface area contributed by atoms with Crippen LogP contribution >= 0.6 is 23.2 Å². The van der Waals surface area contributed by atoms with Gasteiger partial charge in [-0.05, 0) is 43.4 Å². The minimum absolute atomic E-state index is 0.0437. The van der Waals surface area contributed by atoms with Gasteiger partial charge >= 0.3 is 6.18 Å². The van der Waals surface area contributed by atoms with Crippen molar-refractivity contribution in [2.45, 2.75) is 51.2 Å². The van der Waals surface area contributed by atoms with E-state index in [4.69, 9.17) is 23.2 Å². The molecule has 2 heterocycles. The second-order valence-corrected chi connectivity index (χ2v) is 9.24. The number of hydrogen-bond donors (Lipinski definition) is 1. The quantitative estimate of drug-likeness (QED) is 0.557. The highest BCUT2D eigenvalue weighted by Crippen LogP contribution is 2.41. The van der Waals surface area contributed by atoms with Gasteiger partial charge in [-0.1, -0.05) is 48.5 Å². The number of aliphatic imine (C=N–C) groups is 1. The van der Waals surface area contributed by atoms with Crippen molar-refractivity contribution in [1.29, 1.82) is 0 Å². The third-order valence-corrected chi connectivity index (χ3v) is 6.92. The van der Waals surface area contributed by atoms with E-state index in [9.17, 15) is 18.0 Å². The Morgan fingerprint density at radius 3 is 2.53 bits per heavy atom. The molecule has 2 unspecified atom stereocenters. The second-order valence-electron chi connectivity index (χ2n) is 8.43. The largest absolute Gasteiger partial charge is 0.435 e. The fourth-order valence-corrected chi connectivity index (χ4v) is 4.85. The Labute approximate surface area is 194 Å². The molecule has 1 fully saturated rings. The van der Waals surface area contributed by atoms with Gasteiger partial charge in [-0.25, -0.2) is 9.67 Å². The number of alkyl halides is 3. The lowest BCUT2D eigenvalue weighted by molar-refractivity contribution is -0.141. The van der Waals surface area contributed by atoms with E-state index in [0.717, 1.165) is 31.7 Å². The molecule has 0 saturated heterocycles. The van der Waals surface area contributed by atoms with Crippen LogP contribution in [-0.4, -0.2) is 27.9 Å². The summed E-state index contributed by atoms with van der Waals surface area (Å²) in [4.78, 5) is 17.6. The number of rotatable bonds is 4. The summed E-state index contributed by atoms with van der Waals surface area (Å²) in [5.41, 5.74) is -0.106. The van der Waals surface area contributed by atoms with Crippen LogP contribution in [0.1, 0.15) is 56.3 Å². The lowest BCUT2D eigenvalue weighted by Crippen LogP contribution is -2.43. The Hall–Kier alpha value is -2.06. The Balaban J connectivity index is 1.71. The molecule has 1 aromatic heterocycles. The van der Waals surface area contributed by atoms with Crippen LogP contribution < -0.4 is 5.32 Å². The molecule has 2 atom stereocenters. The standard InChI is InChI=1S/C22H23Cl2F3N4O/c1-12-19(21(32)28-11-13-5-3-2-4-6-13)20(14-7-8-15(23)16(24)9-14)31-18(29-12)10-17(30-31)22(25,26)27/h7-10,13,19-20H,2-6,11H2,1H3,(H,28,32). The van der Waals surface area contributed by atoms with Crippen molar-refractivity contribution in [3.8, 4) is 0 Å². The van der Waals surface area contributed by atoms with Crippen LogP contribution in [0.3, 0.4) is 0 Å². The summed E-state index contributed by atoms with van der Waals surface area (Å²) >= 11 is 12.2. The van der Waals surface area contributed by atoms with Crippen molar-refractivity contribution < 1.29 is 18.0 Å². The first-order valence-electron chi connectivity index (χ1n) is 10.6. The van der Waals surface area contributed by atoms with Crippen molar-refractivity contribution in [3.05, 3.63) is 45.6 Å². The van der Waals surface area contributed by atoms with Crippen molar-refractivity contribution in [3.63, 3.8) is 0 Å². The summed E-state index contributed by atoms with van der Waals surface area (Å²) in [6.07, 6.45) is 0.996. The number of hydrogen-bond acceptors (Lipinski definition) is 3. The van der Waals surface area contributed by atoms with Crippen LogP contribution in [0.25, 0.3) is 0 Å². The fraction of sp³-hybridized carbons (Fsp3) is 0.500. The zero-order valence-corrected chi connectivity index (χ0v) is 18.9. The third kappa shape index (κ3) is 4.66. The number of carbonyl (C=O) groups is 1. The predicted molar refractivity (Wildman–Crippen MR) is 118 cm³/mol. The van der Waals surface area contributed by atoms with Gasteiger partial charge in [0.15, 0.2) is 11.5 Å². The van der Waals surface area contributed by atoms with Crippen molar-refractivity contribution >= 4 is 40.6 Å². The Morgan fingerprint density at radius 1 is 1.16 bits per heavy atom. The Bertz CT molecular complexity index is 1040. The number of amides is 1. The van der Waals surface area contributed by atoms with Crippen molar-refractivity contribution in [2.75, 3.05) is 6.54 Å². The van der Waals surface area contributed by atoms with E-state index in [0.29, 0.717) is 28.8 Å². The lowest BCUT2D eigenvalue weighted by Gasteiger charge is -2.32. The summed E-state index contributed by atoms with van der Waals surface area (Å²) in [5.74, 6) is -0.664. The van der Waals surface area contributed by atoms with Crippen LogP contribution in [0.15, 0.2) is 29.3 Å². The molecule has 1 aliphatic heterocycles. The number of nitrogens with zero attached hydrogens (tertiary/aromatic N) is 3. The maximum absolute atomic E-state index is 13.4. The van der Waals surface area contributed by atoms with E-state index >= 15 is 0 Å². The highest BCUT2D eigenvalue weighted by molar-refractivity contribution is 6.42. The molecule has 1 N–H and O–H groups in total. The monoisotopic (exact) mass is 486 g/mol. The molecule has 0 spiro atoms. The summed E-state index contributed by atoms with van der Waals surface area (Å²) in [7, 11) is 0. The van der Waals surface area contributed by atoms with Crippen LogP contribution in [0, 0.1) is 11.8 Å². The zero-order chi connectivity index (χ0) is 23.0. The molecular formula is C22H23Cl2F3N4O. The van der Waals surface area contributed by atoms with E-state index in [1.54, 1.807) is 25.1 Å². The number of benzene rings is 1. The number of fused-ring (bicyclic) bond motifs is 1. The molecule has 32 heavy (non-hydrogen) atoms. The van der Waals surface area contributed by atoms with Gasteiger partial charge in [-0.3, -0.25) is 4.79 Å². The lowest BCUT2D eigenvalue weighted by atomic mass is 9.86. The molecule has 0 bridgehead atoms. The number of aromatic nitrogens is 2. The van der Waals surface area contributed by atoms with Crippen LogP contribution in [-0.2, 0) is 11.0 Å². The topological polar surface area (TPSA) is 59.3 Å². The zero-order valence-electron chi connectivity index (χ0n) is 17.4. The average molecular weight is 487 g/mol. The van der Waals surface area contributed by atoms with E-state index in [-0.39, 0.29) is 16.7 Å². The molecule has 2 aromatic rings. The Morgan fingerprint density at radius 2 is 1.88 bits per heavy atom. The highest BCUT2D eigenvalue weighted by Gasteiger charge is 2.42. The average Bonchev–Trinajstić information content (AvgIpc) is 3.18. The predicted octanol–water partition coefficient (Wildman–Crippen LogP) is 6.22. The molecule has 1 aromatic carbocycles. The molecule has 1 amide bonds. The van der Waals surface area contributed by atoms with Gasteiger partial charge in [0.1, 0.15) is 5.92 Å². The maximum atomic E-state index is 13.4. The smallest absolute Gasteiger partial charge is 0.355 e. The first kappa shape index (κ1) is 23.1. The molecule has 4 rings (SSSR count). The van der Waals surface area contributed by atoms with E-state index in [1.807, 2.05) is 0 Å². The van der Waals surface area contributed by atoms with Crippen LogP contribution in [0.2, 0.25) is 10.0 Å². The summed E-state index contributed by atoms with van der Waals surface area (Å²) < 4.78 is 41.2. The molecule has 1 aliphatic carbocycles. The Kier molecular flexibility index (Phi) is 6.54. The molecule has 2 aliphatic rings. The minimum Gasteiger partial charge on any atom is -0.355 e. The molecule has 172 valence electrons. The van der Waals surface area contributed by atoms with E-state index in [1.165, 1.54) is 11.1 Å². The molecule has 1 saturated carbocycles. The third-order valence-electron chi connectivity index (χ3n) is 6.18. The van der Waals surface area contributed by atoms with Gasteiger partial charge < -0.3 is 5.32 Å². The number of halogens is 5. The summed E-state index contributed by atoms with van der Waals surface area (Å²) in [6.45, 7) is 2.19. The second kappa shape index (κ2) is 9.06. The SMILES string of the molecule is CC1=Nc2cc(C(F)(F)F)nn2C(c2ccc(Cl)c(Cl)c2)C1C(=O)NCC1CCCCC1.